The zero-order valence-electron chi connectivity index (χ0n) is 12.7. The number of rotatable bonds is 5. The van der Waals surface area contributed by atoms with E-state index in [-0.39, 0.29) is 12.0 Å². The molecule has 1 saturated heterocycles. The van der Waals surface area contributed by atoms with E-state index in [0.717, 1.165) is 31.7 Å². The number of piperazine rings is 1. The first-order valence-electron chi connectivity index (χ1n) is 8.01. The van der Waals surface area contributed by atoms with Gasteiger partial charge < -0.3 is 10.1 Å². The summed E-state index contributed by atoms with van der Waals surface area (Å²) in [7, 11) is 0. The van der Waals surface area contributed by atoms with E-state index in [1.54, 1.807) is 0 Å². The van der Waals surface area contributed by atoms with Gasteiger partial charge >= 0.3 is 5.97 Å². The van der Waals surface area contributed by atoms with Crippen LogP contribution in [0.25, 0.3) is 0 Å². The summed E-state index contributed by atoms with van der Waals surface area (Å²) in [5, 5.41) is 3.35. The third-order valence-corrected chi connectivity index (χ3v) is 4.33. The Hall–Kier alpha value is -1.39. The highest BCUT2D eigenvalue weighted by Gasteiger charge is 2.35. The summed E-state index contributed by atoms with van der Waals surface area (Å²) in [6.45, 7) is 5.96. The van der Waals surface area contributed by atoms with Crippen LogP contribution in [0.1, 0.15) is 42.9 Å². The number of nitrogens with one attached hydrogen (secondary N) is 1. The fourth-order valence-electron chi connectivity index (χ4n) is 3.16. The predicted molar refractivity (Wildman–Crippen MR) is 82.2 cm³/mol. The maximum absolute atomic E-state index is 12.6. The van der Waals surface area contributed by atoms with E-state index < -0.39 is 0 Å². The van der Waals surface area contributed by atoms with Gasteiger partial charge in [-0.3, -0.25) is 4.90 Å². The van der Waals surface area contributed by atoms with E-state index in [4.69, 9.17) is 4.74 Å². The second-order valence-electron chi connectivity index (χ2n) is 5.84. The molecule has 1 N–H and O–H groups in total. The number of esters is 1. The summed E-state index contributed by atoms with van der Waals surface area (Å²) in [4.78, 5) is 14.8. The molecule has 4 nitrogen and oxygen atoms in total. The lowest BCUT2D eigenvalue weighted by Gasteiger charge is -2.34. The fourth-order valence-corrected chi connectivity index (χ4v) is 3.16. The highest BCUT2D eigenvalue weighted by molar-refractivity contribution is 5.78. The fraction of sp³-hybridized carbons (Fsp3) is 0.588. The Labute approximate surface area is 126 Å². The normalized spacial score (nSPS) is 21.0. The van der Waals surface area contributed by atoms with Crippen molar-refractivity contribution >= 4 is 5.97 Å². The molecule has 2 fully saturated rings. The standard InChI is InChI=1S/C17H24N2O2/c1-2-21-17(20)16(19-11-9-18-10-12-19)15-6-4-3-5-14(15)13-7-8-13/h3-6,13,16,18H,2,7-12H2,1H3. The average Bonchev–Trinajstić information content (AvgIpc) is 3.34. The van der Waals surface area contributed by atoms with Crippen LogP contribution >= 0.6 is 0 Å². The zero-order valence-corrected chi connectivity index (χ0v) is 12.7. The van der Waals surface area contributed by atoms with Gasteiger partial charge in [0.25, 0.3) is 0 Å². The molecule has 3 rings (SSSR count). The first-order chi connectivity index (χ1) is 10.3. The molecule has 0 radical (unpaired) electrons. The summed E-state index contributed by atoms with van der Waals surface area (Å²) in [6, 6.07) is 8.16. The topological polar surface area (TPSA) is 41.6 Å². The van der Waals surface area contributed by atoms with Crippen LogP contribution in [0.2, 0.25) is 0 Å². The molecule has 1 aliphatic heterocycles. The second-order valence-corrected chi connectivity index (χ2v) is 5.84. The van der Waals surface area contributed by atoms with Gasteiger partial charge in [0.2, 0.25) is 0 Å². The zero-order chi connectivity index (χ0) is 14.7. The summed E-state index contributed by atoms with van der Waals surface area (Å²) in [5.41, 5.74) is 2.49. The van der Waals surface area contributed by atoms with Crippen molar-refractivity contribution in [2.24, 2.45) is 0 Å². The van der Waals surface area contributed by atoms with Crippen LogP contribution in [0.4, 0.5) is 0 Å². The smallest absolute Gasteiger partial charge is 0.328 e. The molecule has 4 heteroatoms. The van der Waals surface area contributed by atoms with Gasteiger partial charge in [0.15, 0.2) is 0 Å². The van der Waals surface area contributed by atoms with Crippen molar-refractivity contribution in [2.45, 2.75) is 31.7 Å². The van der Waals surface area contributed by atoms with Gasteiger partial charge in [-0.05, 0) is 36.8 Å². The predicted octanol–water partition coefficient (Wildman–Crippen LogP) is 2.07. The van der Waals surface area contributed by atoms with E-state index in [2.05, 4.69) is 28.4 Å². The van der Waals surface area contributed by atoms with Gasteiger partial charge in [0.1, 0.15) is 6.04 Å². The minimum atomic E-state index is -0.246. The molecule has 1 saturated carbocycles. The lowest BCUT2D eigenvalue weighted by atomic mass is 9.95. The first kappa shape index (κ1) is 14.5. The van der Waals surface area contributed by atoms with Crippen LogP contribution in [0.15, 0.2) is 24.3 Å². The van der Waals surface area contributed by atoms with Gasteiger partial charge in [-0.25, -0.2) is 4.79 Å². The Morgan fingerprint density at radius 3 is 2.71 bits per heavy atom. The van der Waals surface area contributed by atoms with E-state index >= 15 is 0 Å². The molecular formula is C17H24N2O2. The van der Waals surface area contributed by atoms with Crippen LogP contribution < -0.4 is 5.32 Å². The molecule has 1 aromatic rings. The molecule has 1 aliphatic carbocycles. The molecule has 0 amide bonds. The minimum absolute atomic E-state index is 0.104. The molecule has 21 heavy (non-hydrogen) atoms. The minimum Gasteiger partial charge on any atom is -0.465 e. The Kier molecular flexibility index (Phi) is 4.56. The largest absolute Gasteiger partial charge is 0.465 e. The molecule has 114 valence electrons. The first-order valence-corrected chi connectivity index (χ1v) is 8.01. The molecule has 0 spiro atoms. The number of carbonyl (C=O) groups is 1. The number of hydrogen-bond acceptors (Lipinski definition) is 4. The van der Waals surface area contributed by atoms with Crippen molar-refractivity contribution in [1.29, 1.82) is 0 Å². The van der Waals surface area contributed by atoms with Gasteiger partial charge in [-0.2, -0.15) is 0 Å². The lowest BCUT2D eigenvalue weighted by Crippen LogP contribution is -2.47. The van der Waals surface area contributed by atoms with Gasteiger partial charge in [0.05, 0.1) is 6.61 Å². The van der Waals surface area contributed by atoms with Crippen molar-refractivity contribution in [3.05, 3.63) is 35.4 Å². The number of nitrogens with zero attached hydrogens (tertiary/aromatic N) is 1. The van der Waals surface area contributed by atoms with Crippen molar-refractivity contribution in [3.63, 3.8) is 0 Å². The van der Waals surface area contributed by atoms with Crippen molar-refractivity contribution in [1.82, 2.24) is 10.2 Å². The van der Waals surface area contributed by atoms with Gasteiger partial charge in [-0.1, -0.05) is 24.3 Å². The van der Waals surface area contributed by atoms with Crippen LogP contribution in [0.3, 0.4) is 0 Å². The van der Waals surface area contributed by atoms with Crippen molar-refractivity contribution < 1.29 is 9.53 Å². The molecule has 1 aromatic carbocycles. The maximum Gasteiger partial charge on any atom is 0.328 e. The van der Waals surface area contributed by atoms with Gasteiger partial charge in [-0.15, -0.1) is 0 Å². The van der Waals surface area contributed by atoms with E-state index in [1.165, 1.54) is 18.4 Å². The van der Waals surface area contributed by atoms with Crippen LogP contribution in [-0.2, 0) is 9.53 Å². The number of carbonyl (C=O) groups excluding carboxylic acids is 1. The highest BCUT2D eigenvalue weighted by Crippen LogP contribution is 2.43. The monoisotopic (exact) mass is 288 g/mol. The molecule has 1 heterocycles. The summed E-state index contributed by atoms with van der Waals surface area (Å²) >= 11 is 0. The summed E-state index contributed by atoms with van der Waals surface area (Å²) < 4.78 is 5.37. The van der Waals surface area contributed by atoms with Crippen molar-refractivity contribution in [2.75, 3.05) is 32.8 Å². The van der Waals surface area contributed by atoms with Gasteiger partial charge in [0, 0.05) is 26.2 Å². The SMILES string of the molecule is CCOC(=O)C(c1ccccc1C1CC1)N1CCNCC1. The Balaban J connectivity index is 1.92. The lowest BCUT2D eigenvalue weighted by molar-refractivity contribution is -0.150. The number of ether oxygens (including phenoxy) is 1. The Bertz CT molecular complexity index is 493. The van der Waals surface area contributed by atoms with Crippen LogP contribution in [0, 0.1) is 0 Å². The third kappa shape index (κ3) is 3.27. The average molecular weight is 288 g/mol. The number of benzene rings is 1. The Morgan fingerprint density at radius 2 is 2.05 bits per heavy atom. The molecule has 2 aliphatic rings. The number of hydrogen-bond donors (Lipinski definition) is 1. The van der Waals surface area contributed by atoms with E-state index in [9.17, 15) is 4.79 Å². The Morgan fingerprint density at radius 1 is 1.33 bits per heavy atom. The maximum atomic E-state index is 12.6. The van der Waals surface area contributed by atoms with E-state index in [0.29, 0.717) is 12.5 Å². The molecule has 0 bridgehead atoms. The molecule has 1 unspecified atom stereocenters. The molecule has 1 atom stereocenters. The molecular weight excluding hydrogens is 264 g/mol. The van der Waals surface area contributed by atoms with Crippen LogP contribution in [-0.4, -0.2) is 43.7 Å². The third-order valence-electron chi connectivity index (χ3n) is 4.33. The van der Waals surface area contributed by atoms with Crippen LogP contribution in [0.5, 0.6) is 0 Å². The summed E-state index contributed by atoms with van der Waals surface area (Å²) in [5.74, 6) is 0.536. The quantitative estimate of drug-likeness (QED) is 0.842. The highest BCUT2D eigenvalue weighted by atomic mass is 16.5. The summed E-state index contributed by atoms with van der Waals surface area (Å²) in [6.07, 6.45) is 2.49. The van der Waals surface area contributed by atoms with E-state index in [1.807, 2.05) is 13.0 Å². The molecule has 0 aromatic heterocycles. The second kappa shape index (κ2) is 6.58. The van der Waals surface area contributed by atoms with Crippen molar-refractivity contribution in [3.8, 4) is 0 Å².